The fraction of sp³-hybridized carbons (Fsp3) is 0.351. The third-order valence-corrected chi connectivity index (χ3v) is 10.3. The van der Waals surface area contributed by atoms with E-state index in [-0.39, 0.29) is 22.1 Å². The Morgan fingerprint density at radius 1 is 0.441 bits per heavy atom. The van der Waals surface area contributed by atoms with Crippen LogP contribution in [0.3, 0.4) is 0 Å². The van der Waals surface area contributed by atoms with E-state index in [0.717, 1.165) is 16.4 Å². The van der Waals surface area contributed by atoms with Crippen LogP contribution in [0, 0.1) is 0 Å². The highest BCUT2D eigenvalue weighted by atomic mass is 32.2. The van der Waals surface area contributed by atoms with E-state index in [4.69, 9.17) is 9.47 Å². The van der Waals surface area contributed by atoms with Gasteiger partial charge in [-0.1, -0.05) is 42.5 Å². The molecule has 0 saturated carbocycles. The Hall–Kier alpha value is -4.31. The smallest absolute Gasteiger partial charge is 0.418 e. The van der Waals surface area contributed by atoms with Crippen molar-refractivity contribution in [3.63, 3.8) is 0 Å². The number of rotatable bonds is 6. The molecule has 0 aliphatic heterocycles. The summed E-state index contributed by atoms with van der Waals surface area (Å²) >= 11 is 0. The zero-order chi connectivity index (χ0) is 45.5. The number of hydrogen-bond acceptors (Lipinski definition) is 5. The van der Waals surface area contributed by atoms with E-state index in [0.29, 0.717) is 0 Å². The van der Waals surface area contributed by atoms with Crippen molar-refractivity contribution in [1.82, 2.24) is 0 Å². The number of benzene rings is 4. The minimum absolute atomic E-state index is 0.308. The standard InChI is InChI=1S/C26H31O2S.C11HF15O3S/c1-25(2,3)27-22-18-13-19-23(28-26(4,5)6)24(22)29(20-14-9-7-10-15-20)21-16-11-8-12-17-21;12-7(13,14)1-2(8(15,16)17)4(10(21,22)23)6(30(27,28)29)5(11(24,25)26)3(1)9(18,19)20/h7-19H,1-6H3;(H,27,28,29)/q+1;/p-1. The van der Waals surface area contributed by atoms with Gasteiger partial charge in [0.25, 0.3) is 0 Å². The summed E-state index contributed by atoms with van der Waals surface area (Å²) in [6.45, 7) is 12.5. The number of halogens is 15. The van der Waals surface area contributed by atoms with Crippen LogP contribution in [0.15, 0.2) is 98.4 Å². The maximum Gasteiger partial charge on any atom is 0.418 e. The molecule has 5 nitrogen and oxygen atoms in total. The van der Waals surface area contributed by atoms with Crippen LogP contribution in [0.5, 0.6) is 11.5 Å². The third kappa shape index (κ3) is 12.4. The van der Waals surface area contributed by atoms with Gasteiger partial charge < -0.3 is 14.0 Å². The fourth-order valence-corrected chi connectivity index (χ4v) is 8.53. The lowest BCUT2D eigenvalue weighted by Crippen LogP contribution is -2.34. The highest BCUT2D eigenvalue weighted by Crippen LogP contribution is 2.57. The molecule has 4 rings (SSSR count). The number of hydrogen-bond donors (Lipinski definition) is 0. The van der Waals surface area contributed by atoms with E-state index in [2.05, 4.69) is 114 Å². The van der Waals surface area contributed by atoms with E-state index in [1.165, 1.54) is 9.79 Å². The first kappa shape index (κ1) is 49.1. The second kappa shape index (κ2) is 16.6. The summed E-state index contributed by atoms with van der Waals surface area (Å²) < 4.78 is 241. The molecule has 0 N–H and O–H groups in total. The SMILES string of the molecule is CC(C)(C)Oc1cccc(OC(C)(C)C)c1[S+](c1ccccc1)c1ccccc1.O=S(=O)([O-])c1c(C(F)(F)F)c(C(F)(F)F)c(C(F)(F)F)c(C(F)(F)F)c1C(F)(F)F. The van der Waals surface area contributed by atoms with Gasteiger partial charge in [-0.25, -0.2) is 8.42 Å². The molecular weight excluding hydrogens is 874 g/mol. The third-order valence-electron chi connectivity index (χ3n) is 7.06. The van der Waals surface area contributed by atoms with Gasteiger partial charge in [0.2, 0.25) is 4.90 Å². The van der Waals surface area contributed by atoms with Gasteiger partial charge >= 0.3 is 30.9 Å². The normalized spacial score (nSPS) is 13.5. The molecule has 0 aliphatic rings. The van der Waals surface area contributed by atoms with Gasteiger partial charge in [0.1, 0.15) is 32.2 Å². The van der Waals surface area contributed by atoms with Crippen LogP contribution in [0.4, 0.5) is 65.9 Å². The molecule has 0 aliphatic carbocycles. The van der Waals surface area contributed by atoms with Crippen molar-refractivity contribution in [3.05, 3.63) is 107 Å². The van der Waals surface area contributed by atoms with Crippen molar-refractivity contribution in [2.45, 2.75) is 103 Å². The lowest BCUT2D eigenvalue weighted by atomic mass is 9.89. The van der Waals surface area contributed by atoms with Crippen LogP contribution >= 0.6 is 0 Å². The van der Waals surface area contributed by atoms with Crippen molar-refractivity contribution in [2.75, 3.05) is 0 Å². The predicted octanol–water partition coefficient (Wildman–Crippen LogP) is 12.8. The Kier molecular flexibility index (Phi) is 13.8. The Labute approximate surface area is 330 Å². The topological polar surface area (TPSA) is 75.7 Å². The lowest BCUT2D eigenvalue weighted by Gasteiger charge is -2.31. The highest BCUT2D eigenvalue weighted by molar-refractivity contribution is 7.97. The summed E-state index contributed by atoms with van der Waals surface area (Å²) in [5.41, 5.74) is -22.8. The molecule has 0 bridgehead atoms. The molecular formula is C37H31F15O5S2. The molecule has 4 aromatic carbocycles. The maximum atomic E-state index is 13.0. The maximum absolute atomic E-state index is 13.0. The first-order valence-electron chi connectivity index (χ1n) is 16.3. The summed E-state index contributed by atoms with van der Waals surface area (Å²) in [7, 11) is -7.87. The summed E-state index contributed by atoms with van der Waals surface area (Å²) in [4.78, 5) is -0.616. The van der Waals surface area contributed by atoms with Gasteiger partial charge in [0.15, 0.2) is 21.3 Å². The monoisotopic (exact) mass is 904 g/mol. The molecule has 0 atom stereocenters. The predicted molar refractivity (Wildman–Crippen MR) is 182 cm³/mol. The minimum atomic E-state index is -7.52. The van der Waals surface area contributed by atoms with Crippen LogP contribution in [-0.2, 0) is 51.9 Å². The summed E-state index contributed by atoms with van der Waals surface area (Å²) in [5.74, 6) is 1.74. The Morgan fingerprint density at radius 2 is 0.712 bits per heavy atom. The van der Waals surface area contributed by atoms with E-state index in [1.54, 1.807) is 0 Å². The van der Waals surface area contributed by atoms with Crippen molar-refractivity contribution in [3.8, 4) is 11.5 Å². The molecule has 0 aromatic heterocycles. The van der Waals surface area contributed by atoms with Crippen LogP contribution in [0.25, 0.3) is 0 Å². The molecule has 0 fully saturated rings. The van der Waals surface area contributed by atoms with Crippen LogP contribution in [0.1, 0.15) is 69.4 Å². The van der Waals surface area contributed by atoms with E-state index >= 15 is 0 Å². The molecule has 59 heavy (non-hydrogen) atoms. The number of alkyl halides is 15. The van der Waals surface area contributed by atoms with Crippen LogP contribution in [-0.4, -0.2) is 24.2 Å². The lowest BCUT2D eigenvalue weighted by molar-refractivity contribution is -0.191. The molecule has 0 saturated heterocycles. The fourth-order valence-electron chi connectivity index (χ4n) is 5.37. The molecule has 0 spiro atoms. The second-order valence-electron chi connectivity index (χ2n) is 14.1. The molecule has 326 valence electrons. The first-order valence-corrected chi connectivity index (χ1v) is 18.9. The Balaban J connectivity index is 0.000000315. The van der Waals surface area contributed by atoms with Crippen molar-refractivity contribution >= 4 is 21.0 Å². The van der Waals surface area contributed by atoms with Gasteiger partial charge in [-0.15, -0.1) is 0 Å². The number of ether oxygens (including phenoxy) is 2. The molecule has 22 heteroatoms. The van der Waals surface area contributed by atoms with Crippen molar-refractivity contribution in [2.24, 2.45) is 0 Å². The van der Waals surface area contributed by atoms with E-state index in [1.807, 2.05) is 6.07 Å². The Bertz CT molecular complexity index is 2070. The zero-order valence-corrected chi connectivity index (χ0v) is 32.7. The molecule has 0 amide bonds. The van der Waals surface area contributed by atoms with Gasteiger partial charge in [-0.2, -0.15) is 65.9 Å². The second-order valence-corrected chi connectivity index (χ2v) is 17.4. The van der Waals surface area contributed by atoms with Gasteiger partial charge in [0.05, 0.1) is 32.7 Å². The van der Waals surface area contributed by atoms with Crippen LogP contribution < -0.4 is 9.47 Å². The molecule has 4 aromatic rings. The molecule has 0 heterocycles. The first-order chi connectivity index (χ1) is 26.4. The Morgan fingerprint density at radius 3 is 0.949 bits per heavy atom. The van der Waals surface area contributed by atoms with Gasteiger partial charge in [0, 0.05) is 0 Å². The average Bonchev–Trinajstić information content (AvgIpc) is 3.02. The zero-order valence-electron chi connectivity index (χ0n) is 31.0. The van der Waals surface area contributed by atoms with Gasteiger partial charge in [-0.05, 0) is 77.9 Å². The highest BCUT2D eigenvalue weighted by Gasteiger charge is 2.61. The van der Waals surface area contributed by atoms with E-state index in [9.17, 15) is 78.8 Å². The largest absolute Gasteiger partial charge is 0.744 e. The average molecular weight is 905 g/mol. The van der Waals surface area contributed by atoms with Crippen LogP contribution in [0.2, 0.25) is 0 Å². The summed E-state index contributed by atoms with van der Waals surface area (Å²) in [6.07, 6.45) is -35.6. The van der Waals surface area contributed by atoms with Gasteiger partial charge in [-0.3, -0.25) is 0 Å². The summed E-state index contributed by atoms with van der Waals surface area (Å²) in [6, 6.07) is 27.4. The summed E-state index contributed by atoms with van der Waals surface area (Å²) in [5, 5.41) is 0. The van der Waals surface area contributed by atoms with E-state index < -0.39 is 73.7 Å². The molecule has 0 unspecified atom stereocenters. The molecule has 0 radical (unpaired) electrons. The minimum Gasteiger partial charge on any atom is -0.744 e. The quantitative estimate of drug-likeness (QED) is 0.109. The van der Waals surface area contributed by atoms with Crippen molar-refractivity contribution in [1.29, 1.82) is 0 Å². The van der Waals surface area contributed by atoms with Crippen molar-refractivity contribution < 1.29 is 88.3 Å².